The minimum absolute atomic E-state index is 0.0314. The van der Waals surface area contributed by atoms with Crippen LogP contribution in [0.5, 0.6) is 5.75 Å². The Morgan fingerprint density at radius 1 is 1.25 bits per heavy atom. The first-order valence-electron chi connectivity index (χ1n) is 7.06. The molecular formula is C15H24NO3P. The van der Waals surface area contributed by atoms with E-state index in [9.17, 15) is 4.79 Å². The van der Waals surface area contributed by atoms with Crippen LogP contribution in [0.4, 0.5) is 0 Å². The van der Waals surface area contributed by atoms with Crippen LogP contribution in [0.25, 0.3) is 0 Å². The van der Waals surface area contributed by atoms with Gasteiger partial charge in [0.25, 0.3) is 0 Å². The fraction of sp³-hybridized carbons (Fsp3) is 0.533. The molecule has 0 bridgehead atoms. The van der Waals surface area contributed by atoms with Crippen molar-refractivity contribution in [3.8, 4) is 5.75 Å². The van der Waals surface area contributed by atoms with E-state index in [4.69, 9.17) is 9.26 Å². The molecule has 20 heavy (non-hydrogen) atoms. The predicted octanol–water partition coefficient (Wildman–Crippen LogP) is 3.53. The van der Waals surface area contributed by atoms with Crippen molar-refractivity contribution in [2.75, 3.05) is 6.61 Å². The molecule has 2 unspecified atom stereocenters. The molecule has 0 aliphatic heterocycles. The van der Waals surface area contributed by atoms with Gasteiger partial charge < -0.3 is 9.26 Å². The molecule has 0 radical (unpaired) electrons. The molecule has 0 heterocycles. The lowest BCUT2D eigenvalue weighted by Crippen LogP contribution is -2.31. The highest BCUT2D eigenvalue weighted by atomic mass is 31.1. The third-order valence-electron chi connectivity index (χ3n) is 3.16. The molecule has 0 aromatic heterocycles. The van der Waals surface area contributed by atoms with Crippen molar-refractivity contribution < 1.29 is 14.1 Å². The van der Waals surface area contributed by atoms with Crippen LogP contribution in [0.2, 0.25) is 0 Å². The van der Waals surface area contributed by atoms with Gasteiger partial charge in [-0.1, -0.05) is 44.9 Å². The largest absolute Gasteiger partial charge is 0.464 e. The van der Waals surface area contributed by atoms with Crippen molar-refractivity contribution in [3.63, 3.8) is 0 Å². The van der Waals surface area contributed by atoms with Crippen LogP contribution >= 0.6 is 8.96 Å². The van der Waals surface area contributed by atoms with Gasteiger partial charge >= 0.3 is 5.97 Å². The van der Waals surface area contributed by atoms with Crippen molar-refractivity contribution in [1.82, 2.24) is 5.09 Å². The van der Waals surface area contributed by atoms with Crippen LogP contribution in [-0.4, -0.2) is 18.6 Å². The summed E-state index contributed by atoms with van der Waals surface area (Å²) in [5, 5.41) is 3.02. The normalized spacial score (nSPS) is 12.8. The van der Waals surface area contributed by atoms with Crippen molar-refractivity contribution in [1.29, 1.82) is 0 Å². The molecule has 1 aromatic carbocycles. The zero-order valence-corrected chi connectivity index (χ0v) is 13.4. The zero-order chi connectivity index (χ0) is 14.8. The van der Waals surface area contributed by atoms with Gasteiger partial charge in [0, 0.05) is 0 Å². The Kier molecular flexibility index (Phi) is 8.24. The first-order chi connectivity index (χ1) is 9.67. The summed E-state index contributed by atoms with van der Waals surface area (Å²) < 4.78 is 10.8. The molecule has 1 aromatic rings. The van der Waals surface area contributed by atoms with Crippen LogP contribution in [0.15, 0.2) is 30.3 Å². The summed E-state index contributed by atoms with van der Waals surface area (Å²) in [5.74, 6) is 1.02. The number of hydrogen-bond acceptors (Lipinski definition) is 4. The van der Waals surface area contributed by atoms with E-state index in [-0.39, 0.29) is 21.0 Å². The third-order valence-corrected chi connectivity index (χ3v) is 4.05. The number of ether oxygens (including phenoxy) is 1. The lowest BCUT2D eigenvalue weighted by molar-refractivity contribution is -0.146. The van der Waals surface area contributed by atoms with Crippen LogP contribution < -0.4 is 9.61 Å². The van der Waals surface area contributed by atoms with E-state index < -0.39 is 0 Å². The van der Waals surface area contributed by atoms with Gasteiger partial charge in [-0.15, -0.1) is 0 Å². The van der Waals surface area contributed by atoms with E-state index in [1.165, 1.54) is 0 Å². The molecule has 0 saturated heterocycles. The summed E-state index contributed by atoms with van der Waals surface area (Å²) in [4.78, 5) is 11.8. The SMILES string of the molecule is CCC(CC)COC(=O)C(C)NPOc1ccccc1. The van der Waals surface area contributed by atoms with Gasteiger partial charge in [-0.25, -0.2) is 0 Å². The van der Waals surface area contributed by atoms with E-state index in [1.54, 1.807) is 6.92 Å². The van der Waals surface area contributed by atoms with Gasteiger partial charge in [-0.2, -0.15) is 0 Å². The Morgan fingerprint density at radius 2 is 1.90 bits per heavy atom. The Labute approximate surface area is 123 Å². The molecule has 112 valence electrons. The first kappa shape index (κ1) is 16.9. The molecule has 0 saturated carbocycles. The first-order valence-corrected chi connectivity index (χ1v) is 7.97. The Bertz CT molecular complexity index is 382. The van der Waals surface area contributed by atoms with Crippen LogP contribution in [-0.2, 0) is 9.53 Å². The summed E-state index contributed by atoms with van der Waals surface area (Å²) in [6.45, 7) is 6.51. The molecule has 0 aliphatic carbocycles. The van der Waals surface area contributed by atoms with E-state index in [1.807, 2.05) is 30.3 Å². The van der Waals surface area contributed by atoms with Gasteiger partial charge in [0.15, 0.2) is 0 Å². The number of benzene rings is 1. The number of nitrogens with one attached hydrogen (secondary N) is 1. The van der Waals surface area contributed by atoms with Gasteiger partial charge in [0.1, 0.15) is 20.7 Å². The average Bonchev–Trinajstić information content (AvgIpc) is 2.49. The van der Waals surface area contributed by atoms with Gasteiger partial charge in [0.2, 0.25) is 0 Å². The molecule has 0 fully saturated rings. The summed E-state index contributed by atoms with van der Waals surface area (Å²) in [6.07, 6.45) is 2.06. The predicted molar refractivity (Wildman–Crippen MR) is 83.0 cm³/mol. The highest BCUT2D eigenvalue weighted by Crippen LogP contribution is 2.17. The lowest BCUT2D eigenvalue weighted by Gasteiger charge is -2.16. The number of esters is 1. The van der Waals surface area contributed by atoms with Gasteiger partial charge in [-0.05, 0) is 25.0 Å². The number of para-hydroxylation sites is 1. The van der Waals surface area contributed by atoms with Crippen LogP contribution in [0.1, 0.15) is 33.6 Å². The highest BCUT2D eigenvalue weighted by molar-refractivity contribution is 7.30. The maximum absolute atomic E-state index is 11.8. The average molecular weight is 297 g/mol. The lowest BCUT2D eigenvalue weighted by atomic mass is 10.1. The molecule has 5 heteroatoms. The van der Waals surface area contributed by atoms with E-state index in [0.717, 1.165) is 18.6 Å². The number of carbonyl (C=O) groups is 1. The summed E-state index contributed by atoms with van der Waals surface area (Å²) >= 11 is 0. The summed E-state index contributed by atoms with van der Waals surface area (Å²) in [5.41, 5.74) is 0. The summed E-state index contributed by atoms with van der Waals surface area (Å²) in [7, 11) is 0.0314. The second-order valence-electron chi connectivity index (χ2n) is 4.70. The van der Waals surface area contributed by atoms with Crippen molar-refractivity contribution in [3.05, 3.63) is 30.3 Å². The quantitative estimate of drug-likeness (QED) is 0.559. The van der Waals surface area contributed by atoms with Crippen LogP contribution in [0, 0.1) is 5.92 Å². The number of hydrogen-bond donors (Lipinski definition) is 1. The third kappa shape index (κ3) is 6.36. The topological polar surface area (TPSA) is 47.6 Å². The molecule has 4 nitrogen and oxygen atoms in total. The van der Waals surface area contributed by atoms with Gasteiger partial charge in [0.05, 0.1) is 6.61 Å². The smallest absolute Gasteiger partial charge is 0.323 e. The monoisotopic (exact) mass is 297 g/mol. The molecule has 2 atom stereocenters. The Balaban J connectivity index is 2.21. The van der Waals surface area contributed by atoms with Crippen LogP contribution in [0.3, 0.4) is 0 Å². The maximum atomic E-state index is 11.8. The minimum Gasteiger partial charge on any atom is -0.464 e. The fourth-order valence-electron chi connectivity index (χ4n) is 1.57. The number of rotatable bonds is 9. The molecule has 0 amide bonds. The molecular weight excluding hydrogens is 273 g/mol. The van der Waals surface area contributed by atoms with Crippen molar-refractivity contribution >= 4 is 14.9 Å². The molecule has 1 N–H and O–H groups in total. The molecule has 0 aliphatic rings. The molecule has 1 rings (SSSR count). The number of carbonyl (C=O) groups excluding carboxylic acids is 1. The Morgan fingerprint density at radius 3 is 2.50 bits per heavy atom. The van der Waals surface area contributed by atoms with Crippen molar-refractivity contribution in [2.24, 2.45) is 5.92 Å². The van der Waals surface area contributed by atoms with E-state index in [2.05, 4.69) is 18.9 Å². The van der Waals surface area contributed by atoms with E-state index in [0.29, 0.717) is 12.5 Å². The highest BCUT2D eigenvalue weighted by Gasteiger charge is 2.15. The molecule has 0 spiro atoms. The minimum atomic E-state index is -0.355. The van der Waals surface area contributed by atoms with Crippen molar-refractivity contribution in [2.45, 2.75) is 39.7 Å². The fourth-order valence-corrected chi connectivity index (χ4v) is 2.18. The second kappa shape index (κ2) is 9.73. The Hall–Kier alpha value is -1.12. The van der Waals surface area contributed by atoms with E-state index >= 15 is 0 Å². The summed E-state index contributed by atoms with van der Waals surface area (Å²) in [6, 6.07) is 9.16. The second-order valence-corrected chi connectivity index (χ2v) is 5.39. The van der Waals surface area contributed by atoms with Gasteiger partial charge in [-0.3, -0.25) is 9.88 Å². The zero-order valence-electron chi connectivity index (χ0n) is 12.4. The standard InChI is InChI=1S/C15H24NO3P/c1-4-13(5-2)11-18-15(17)12(3)16-20-19-14-9-7-6-8-10-14/h6-10,12-13,16,20H,4-5,11H2,1-3H3. The maximum Gasteiger partial charge on any atom is 0.323 e.